The lowest BCUT2D eigenvalue weighted by atomic mass is 10.2. The molecule has 0 aliphatic heterocycles. The Hall–Kier alpha value is -1.05. The van der Waals surface area contributed by atoms with Gasteiger partial charge in [-0.25, -0.2) is 0 Å². The van der Waals surface area contributed by atoms with Crippen LogP contribution in [0.2, 0.25) is 0 Å². The predicted octanol–water partition coefficient (Wildman–Crippen LogP) is 3.63. The standard InChI is InChI=1S/C10H6FNS2/c1-13-8-3-2-6(5-12)10-7(8)4-9(11)14-10/h2-4H,1H3. The fourth-order valence-electron chi connectivity index (χ4n) is 1.33. The topological polar surface area (TPSA) is 23.8 Å². The van der Waals surface area contributed by atoms with Crippen molar-refractivity contribution in [2.45, 2.75) is 4.90 Å². The van der Waals surface area contributed by atoms with Gasteiger partial charge >= 0.3 is 0 Å². The van der Waals surface area contributed by atoms with E-state index in [1.54, 1.807) is 17.8 Å². The number of nitriles is 1. The van der Waals surface area contributed by atoms with E-state index in [-0.39, 0.29) is 5.13 Å². The van der Waals surface area contributed by atoms with Crippen molar-refractivity contribution in [3.63, 3.8) is 0 Å². The van der Waals surface area contributed by atoms with Gasteiger partial charge in [0.1, 0.15) is 6.07 Å². The van der Waals surface area contributed by atoms with Crippen LogP contribution in [0.25, 0.3) is 10.1 Å². The number of fused-ring (bicyclic) bond motifs is 1. The SMILES string of the molecule is CSc1ccc(C#N)c2sc(F)cc12. The van der Waals surface area contributed by atoms with Gasteiger partial charge in [-0.15, -0.1) is 23.1 Å². The van der Waals surface area contributed by atoms with Crippen molar-refractivity contribution in [1.29, 1.82) is 5.26 Å². The van der Waals surface area contributed by atoms with E-state index in [2.05, 4.69) is 6.07 Å². The van der Waals surface area contributed by atoms with Gasteiger partial charge in [-0.1, -0.05) is 0 Å². The van der Waals surface area contributed by atoms with Crippen molar-refractivity contribution in [2.75, 3.05) is 6.26 Å². The molecule has 0 fully saturated rings. The minimum atomic E-state index is -0.238. The molecule has 4 heteroatoms. The quantitative estimate of drug-likeness (QED) is 0.689. The molecule has 0 saturated carbocycles. The highest BCUT2D eigenvalue weighted by Crippen LogP contribution is 2.34. The molecule has 2 rings (SSSR count). The maximum absolute atomic E-state index is 13.1. The number of benzene rings is 1. The minimum absolute atomic E-state index is 0.238. The lowest BCUT2D eigenvalue weighted by Crippen LogP contribution is -1.76. The smallest absolute Gasteiger partial charge is 0.177 e. The lowest BCUT2D eigenvalue weighted by molar-refractivity contribution is 0.658. The molecule has 1 heterocycles. The van der Waals surface area contributed by atoms with Gasteiger partial charge in [-0.05, 0) is 24.5 Å². The molecule has 2 aromatic rings. The van der Waals surface area contributed by atoms with Crippen molar-refractivity contribution in [3.8, 4) is 6.07 Å². The molecule has 0 spiro atoms. The van der Waals surface area contributed by atoms with E-state index >= 15 is 0 Å². The third-order valence-corrected chi connectivity index (χ3v) is 3.71. The van der Waals surface area contributed by atoms with E-state index in [0.717, 1.165) is 26.3 Å². The highest BCUT2D eigenvalue weighted by atomic mass is 32.2. The Balaban J connectivity index is 2.86. The third-order valence-electron chi connectivity index (χ3n) is 1.95. The first-order chi connectivity index (χ1) is 6.76. The van der Waals surface area contributed by atoms with Gasteiger partial charge in [0.2, 0.25) is 0 Å². The van der Waals surface area contributed by atoms with Gasteiger partial charge < -0.3 is 0 Å². The summed E-state index contributed by atoms with van der Waals surface area (Å²) in [6.45, 7) is 0. The van der Waals surface area contributed by atoms with Gasteiger partial charge in [0.05, 0.1) is 10.3 Å². The molecule has 1 aromatic heterocycles. The second kappa shape index (κ2) is 3.60. The zero-order valence-electron chi connectivity index (χ0n) is 7.37. The summed E-state index contributed by atoms with van der Waals surface area (Å²) in [5, 5.41) is 9.44. The van der Waals surface area contributed by atoms with Crippen LogP contribution >= 0.6 is 23.1 Å². The van der Waals surface area contributed by atoms with Crippen molar-refractivity contribution in [2.24, 2.45) is 0 Å². The van der Waals surface area contributed by atoms with E-state index in [9.17, 15) is 4.39 Å². The zero-order valence-corrected chi connectivity index (χ0v) is 9.01. The van der Waals surface area contributed by atoms with Crippen LogP contribution in [0, 0.1) is 16.5 Å². The number of rotatable bonds is 1. The normalized spacial score (nSPS) is 10.4. The van der Waals surface area contributed by atoms with Crippen LogP contribution < -0.4 is 0 Å². The number of thiophene rings is 1. The van der Waals surface area contributed by atoms with Gasteiger partial charge in [-0.2, -0.15) is 9.65 Å². The molecule has 0 bridgehead atoms. The van der Waals surface area contributed by atoms with Crippen LogP contribution in [0.5, 0.6) is 0 Å². The van der Waals surface area contributed by atoms with E-state index in [1.807, 2.05) is 12.3 Å². The molecule has 0 atom stereocenters. The van der Waals surface area contributed by atoms with Crippen LogP contribution in [0.15, 0.2) is 23.1 Å². The maximum atomic E-state index is 13.1. The molecule has 1 aromatic carbocycles. The second-order valence-corrected chi connectivity index (χ2v) is 4.57. The predicted molar refractivity (Wildman–Crippen MR) is 58.3 cm³/mol. The number of hydrogen-bond acceptors (Lipinski definition) is 3. The van der Waals surface area contributed by atoms with E-state index in [1.165, 1.54) is 6.07 Å². The zero-order chi connectivity index (χ0) is 10.1. The van der Waals surface area contributed by atoms with Crippen LogP contribution in [0.3, 0.4) is 0 Å². The molecule has 0 radical (unpaired) electrons. The summed E-state index contributed by atoms with van der Waals surface area (Å²) in [5.41, 5.74) is 0.548. The van der Waals surface area contributed by atoms with Crippen LogP contribution in [0.1, 0.15) is 5.56 Å². The molecular formula is C10H6FNS2. The first kappa shape index (κ1) is 9.50. The number of nitrogens with zero attached hydrogens (tertiary/aromatic N) is 1. The monoisotopic (exact) mass is 223 g/mol. The summed E-state index contributed by atoms with van der Waals surface area (Å²) in [6.07, 6.45) is 1.94. The minimum Gasteiger partial charge on any atom is -0.195 e. The molecule has 14 heavy (non-hydrogen) atoms. The van der Waals surface area contributed by atoms with E-state index in [0.29, 0.717) is 5.56 Å². The Bertz CT molecular complexity index is 525. The molecule has 0 unspecified atom stereocenters. The number of thioether (sulfide) groups is 1. The first-order valence-corrected chi connectivity index (χ1v) is 5.96. The molecule has 0 amide bonds. The maximum Gasteiger partial charge on any atom is 0.177 e. The molecule has 1 nitrogen and oxygen atoms in total. The van der Waals surface area contributed by atoms with Crippen LogP contribution in [-0.2, 0) is 0 Å². The van der Waals surface area contributed by atoms with E-state index in [4.69, 9.17) is 5.26 Å². The summed E-state index contributed by atoms with van der Waals surface area (Å²) in [4.78, 5) is 1.01. The molecule has 0 aliphatic carbocycles. The fourth-order valence-corrected chi connectivity index (χ4v) is 2.86. The summed E-state index contributed by atoms with van der Waals surface area (Å²) in [7, 11) is 0. The largest absolute Gasteiger partial charge is 0.195 e. The Kier molecular flexibility index (Phi) is 2.44. The van der Waals surface area contributed by atoms with Gasteiger partial charge in [0, 0.05) is 10.3 Å². The molecule has 0 N–H and O–H groups in total. The van der Waals surface area contributed by atoms with Crippen molar-refractivity contribution >= 4 is 33.2 Å². The average molecular weight is 223 g/mol. The second-order valence-electron chi connectivity index (χ2n) is 2.72. The van der Waals surface area contributed by atoms with Crippen molar-refractivity contribution in [3.05, 3.63) is 28.9 Å². The highest BCUT2D eigenvalue weighted by Gasteiger charge is 2.09. The fraction of sp³-hybridized carbons (Fsp3) is 0.100. The Morgan fingerprint density at radius 3 is 2.93 bits per heavy atom. The number of hydrogen-bond donors (Lipinski definition) is 0. The Morgan fingerprint density at radius 1 is 1.50 bits per heavy atom. The van der Waals surface area contributed by atoms with Gasteiger partial charge in [0.25, 0.3) is 0 Å². The average Bonchev–Trinajstić information content (AvgIpc) is 2.57. The van der Waals surface area contributed by atoms with Gasteiger partial charge in [0.15, 0.2) is 5.13 Å². The van der Waals surface area contributed by atoms with E-state index < -0.39 is 0 Å². The molecule has 0 aliphatic rings. The summed E-state index contributed by atoms with van der Waals surface area (Å²) >= 11 is 2.59. The van der Waals surface area contributed by atoms with Crippen LogP contribution in [0.4, 0.5) is 4.39 Å². The first-order valence-electron chi connectivity index (χ1n) is 3.92. The Labute approximate surface area is 89.2 Å². The third kappa shape index (κ3) is 1.39. The number of halogens is 1. The van der Waals surface area contributed by atoms with Crippen molar-refractivity contribution in [1.82, 2.24) is 0 Å². The van der Waals surface area contributed by atoms with Gasteiger partial charge in [-0.3, -0.25) is 0 Å². The summed E-state index contributed by atoms with van der Waals surface area (Å²) < 4.78 is 13.8. The van der Waals surface area contributed by atoms with Crippen molar-refractivity contribution < 1.29 is 4.39 Å². The van der Waals surface area contributed by atoms with Crippen LogP contribution in [-0.4, -0.2) is 6.26 Å². The lowest BCUT2D eigenvalue weighted by Gasteiger charge is -1.98. The molecular weight excluding hydrogens is 217 g/mol. The highest BCUT2D eigenvalue weighted by molar-refractivity contribution is 7.98. The molecule has 0 saturated heterocycles. The summed E-state index contributed by atoms with van der Waals surface area (Å²) in [5.74, 6) is 0. The molecule has 70 valence electrons. The Morgan fingerprint density at radius 2 is 2.29 bits per heavy atom. The summed E-state index contributed by atoms with van der Waals surface area (Å²) in [6, 6.07) is 7.16.